The summed E-state index contributed by atoms with van der Waals surface area (Å²) in [7, 11) is 0. The molecule has 2 aromatic carbocycles. The summed E-state index contributed by atoms with van der Waals surface area (Å²) in [6.07, 6.45) is 0. The molecule has 0 atom stereocenters. The fourth-order valence-corrected chi connectivity index (χ4v) is 2.21. The Labute approximate surface area is 131 Å². The highest BCUT2D eigenvalue weighted by Gasteiger charge is 2.12. The fourth-order valence-electron chi connectivity index (χ4n) is 1.97. The molecule has 1 amide bonds. The second kappa shape index (κ2) is 6.72. The third-order valence-electron chi connectivity index (χ3n) is 2.96. The van der Waals surface area contributed by atoms with Gasteiger partial charge in [0, 0.05) is 17.9 Å². The van der Waals surface area contributed by atoms with Crippen molar-refractivity contribution in [3.05, 3.63) is 57.8 Å². The predicted octanol–water partition coefficient (Wildman–Crippen LogP) is 4.58. The molecule has 0 radical (unpaired) electrons. The SMILES string of the molecule is CCNc1cc(C)ccc1C(=O)Nc1ccc(Br)c(F)c1. The highest BCUT2D eigenvalue weighted by molar-refractivity contribution is 9.10. The molecule has 0 bridgehead atoms. The zero-order valence-electron chi connectivity index (χ0n) is 11.8. The molecule has 0 unspecified atom stereocenters. The normalized spacial score (nSPS) is 10.3. The lowest BCUT2D eigenvalue weighted by molar-refractivity contribution is 0.102. The van der Waals surface area contributed by atoms with E-state index in [4.69, 9.17) is 0 Å². The van der Waals surface area contributed by atoms with Crippen LogP contribution in [0.15, 0.2) is 40.9 Å². The number of halogens is 2. The molecule has 0 saturated carbocycles. The van der Waals surface area contributed by atoms with Crippen LogP contribution >= 0.6 is 15.9 Å². The van der Waals surface area contributed by atoms with Crippen LogP contribution in [0.1, 0.15) is 22.8 Å². The third kappa shape index (κ3) is 3.82. The van der Waals surface area contributed by atoms with Gasteiger partial charge in [0.25, 0.3) is 5.91 Å². The molecule has 0 spiro atoms. The van der Waals surface area contributed by atoms with Crippen LogP contribution in [0.4, 0.5) is 15.8 Å². The van der Waals surface area contributed by atoms with Gasteiger partial charge >= 0.3 is 0 Å². The standard InChI is InChI=1S/C16H16BrFN2O/c1-3-19-15-8-10(2)4-6-12(15)16(21)20-11-5-7-13(17)14(18)9-11/h4-9,19H,3H2,1-2H3,(H,20,21). The van der Waals surface area contributed by atoms with E-state index < -0.39 is 5.82 Å². The van der Waals surface area contributed by atoms with Crippen molar-refractivity contribution in [1.82, 2.24) is 0 Å². The van der Waals surface area contributed by atoms with Gasteiger partial charge in [-0.2, -0.15) is 0 Å². The predicted molar refractivity (Wildman–Crippen MR) is 87.4 cm³/mol. The number of aryl methyl sites for hydroxylation is 1. The highest BCUT2D eigenvalue weighted by atomic mass is 79.9. The van der Waals surface area contributed by atoms with Gasteiger partial charge in [-0.05, 0) is 65.7 Å². The minimum atomic E-state index is -0.413. The molecule has 0 aliphatic carbocycles. The fraction of sp³-hybridized carbons (Fsp3) is 0.188. The van der Waals surface area contributed by atoms with Gasteiger partial charge < -0.3 is 10.6 Å². The van der Waals surface area contributed by atoms with Crippen LogP contribution in [-0.4, -0.2) is 12.5 Å². The van der Waals surface area contributed by atoms with Gasteiger partial charge in [0.2, 0.25) is 0 Å². The first-order valence-corrected chi connectivity index (χ1v) is 7.41. The van der Waals surface area contributed by atoms with Crippen LogP contribution in [-0.2, 0) is 0 Å². The molecular weight excluding hydrogens is 335 g/mol. The third-order valence-corrected chi connectivity index (χ3v) is 3.61. The molecule has 0 aliphatic rings. The highest BCUT2D eigenvalue weighted by Crippen LogP contribution is 2.22. The van der Waals surface area contributed by atoms with Crippen LogP contribution in [0, 0.1) is 12.7 Å². The van der Waals surface area contributed by atoms with Crippen molar-refractivity contribution in [3.63, 3.8) is 0 Å². The smallest absolute Gasteiger partial charge is 0.257 e. The van der Waals surface area contributed by atoms with Crippen LogP contribution in [0.5, 0.6) is 0 Å². The summed E-state index contributed by atoms with van der Waals surface area (Å²) in [6.45, 7) is 4.65. The van der Waals surface area contributed by atoms with E-state index in [2.05, 4.69) is 26.6 Å². The van der Waals surface area contributed by atoms with Crippen molar-refractivity contribution < 1.29 is 9.18 Å². The molecule has 0 aliphatic heterocycles. The first-order valence-electron chi connectivity index (χ1n) is 6.62. The minimum Gasteiger partial charge on any atom is -0.385 e. The number of hydrogen-bond donors (Lipinski definition) is 2. The Morgan fingerprint density at radius 3 is 2.67 bits per heavy atom. The number of hydrogen-bond acceptors (Lipinski definition) is 2. The van der Waals surface area contributed by atoms with Gasteiger partial charge in [-0.1, -0.05) is 6.07 Å². The molecule has 0 aromatic heterocycles. The maximum atomic E-state index is 13.5. The van der Waals surface area contributed by atoms with Crippen molar-refractivity contribution in [3.8, 4) is 0 Å². The van der Waals surface area contributed by atoms with Gasteiger partial charge in [0.05, 0.1) is 10.0 Å². The van der Waals surface area contributed by atoms with Gasteiger partial charge in [0.1, 0.15) is 5.82 Å². The van der Waals surface area contributed by atoms with E-state index in [1.54, 1.807) is 18.2 Å². The average molecular weight is 351 g/mol. The molecule has 2 aromatic rings. The number of anilines is 2. The number of nitrogens with one attached hydrogen (secondary N) is 2. The van der Waals surface area contributed by atoms with E-state index in [-0.39, 0.29) is 5.91 Å². The molecule has 5 heteroatoms. The lowest BCUT2D eigenvalue weighted by Crippen LogP contribution is -2.15. The first-order chi connectivity index (χ1) is 10.0. The Balaban J connectivity index is 2.25. The quantitative estimate of drug-likeness (QED) is 0.847. The largest absolute Gasteiger partial charge is 0.385 e. The molecular formula is C16H16BrFN2O. The molecule has 2 rings (SSSR count). The summed E-state index contributed by atoms with van der Waals surface area (Å²) in [4.78, 5) is 12.3. The van der Waals surface area contributed by atoms with Crippen LogP contribution in [0.3, 0.4) is 0 Å². The average Bonchev–Trinajstić information content (AvgIpc) is 2.43. The van der Waals surface area contributed by atoms with E-state index in [1.165, 1.54) is 6.07 Å². The minimum absolute atomic E-state index is 0.271. The Bertz CT molecular complexity index is 673. The molecule has 0 heterocycles. The lowest BCUT2D eigenvalue weighted by Gasteiger charge is -2.12. The number of rotatable bonds is 4. The summed E-state index contributed by atoms with van der Waals surface area (Å²) in [5, 5.41) is 5.87. The van der Waals surface area contributed by atoms with Crippen molar-refractivity contribution in [2.45, 2.75) is 13.8 Å². The maximum Gasteiger partial charge on any atom is 0.257 e. The number of carbonyl (C=O) groups excluding carboxylic acids is 1. The van der Waals surface area contributed by atoms with Crippen molar-refractivity contribution in [1.29, 1.82) is 0 Å². The second-order valence-corrected chi connectivity index (χ2v) is 5.52. The monoisotopic (exact) mass is 350 g/mol. The van der Waals surface area contributed by atoms with E-state index >= 15 is 0 Å². The zero-order valence-corrected chi connectivity index (χ0v) is 13.4. The molecule has 2 N–H and O–H groups in total. The van der Waals surface area contributed by atoms with Gasteiger partial charge in [-0.25, -0.2) is 4.39 Å². The van der Waals surface area contributed by atoms with E-state index in [0.29, 0.717) is 15.7 Å². The maximum absolute atomic E-state index is 13.5. The summed E-state index contributed by atoms with van der Waals surface area (Å²) < 4.78 is 13.8. The zero-order chi connectivity index (χ0) is 15.4. The summed E-state index contributed by atoms with van der Waals surface area (Å²) in [5.74, 6) is -0.684. The molecule has 0 saturated heterocycles. The Morgan fingerprint density at radius 2 is 2.00 bits per heavy atom. The number of carbonyl (C=O) groups is 1. The number of benzene rings is 2. The van der Waals surface area contributed by atoms with Crippen LogP contribution in [0.2, 0.25) is 0 Å². The van der Waals surface area contributed by atoms with Crippen molar-refractivity contribution in [2.24, 2.45) is 0 Å². The van der Waals surface area contributed by atoms with E-state index in [1.807, 2.05) is 26.0 Å². The molecule has 21 heavy (non-hydrogen) atoms. The summed E-state index contributed by atoms with van der Waals surface area (Å²) >= 11 is 3.08. The number of amides is 1. The van der Waals surface area contributed by atoms with Crippen molar-refractivity contribution in [2.75, 3.05) is 17.2 Å². The molecule has 3 nitrogen and oxygen atoms in total. The Hall–Kier alpha value is -1.88. The molecule has 0 fully saturated rings. The van der Waals surface area contributed by atoms with Crippen LogP contribution < -0.4 is 10.6 Å². The van der Waals surface area contributed by atoms with Gasteiger partial charge in [0.15, 0.2) is 0 Å². The first kappa shape index (κ1) is 15.5. The lowest BCUT2D eigenvalue weighted by atomic mass is 10.1. The van der Waals surface area contributed by atoms with Crippen LogP contribution in [0.25, 0.3) is 0 Å². The Morgan fingerprint density at radius 1 is 1.24 bits per heavy atom. The Kier molecular flexibility index (Phi) is 4.96. The van der Waals surface area contributed by atoms with E-state index in [9.17, 15) is 9.18 Å². The topological polar surface area (TPSA) is 41.1 Å². The second-order valence-electron chi connectivity index (χ2n) is 4.66. The van der Waals surface area contributed by atoms with E-state index in [0.717, 1.165) is 17.8 Å². The van der Waals surface area contributed by atoms with Crippen molar-refractivity contribution >= 4 is 33.2 Å². The summed E-state index contributed by atoms with van der Waals surface area (Å²) in [6, 6.07) is 10.0. The van der Waals surface area contributed by atoms with Gasteiger partial charge in [-0.15, -0.1) is 0 Å². The van der Waals surface area contributed by atoms with Gasteiger partial charge in [-0.3, -0.25) is 4.79 Å². The summed E-state index contributed by atoms with van der Waals surface area (Å²) in [5.41, 5.74) is 2.79. The molecule has 110 valence electrons.